The van der Waals surface area contributed by atoms with Crippen LogP contribution in [0.5, 0.6) is 0 Å². The van der Waals surface area contributed by atoms with Crippen LogP contribution in [0.25, 0.3) is 0 Å². The lowest BCUT2D eigenvalue weighted by molar-refractivity contribution is 0.387. The Morgan fingerprint density at radius 2 is 2.06 bits per heavy atom. The molecule has 1 saturated carbocycles. The van der Waals surface area contributed by atoms with Crippen LogP contribution in [0.1, 0.15) is 30.4 Å². The van der Waals surface area contributed by atoms with Crippen molar-refractivity contribution in [1.82, 2.24) is 0 Å². The molecule has 0 aliphatic heterocycles. The van der Waals surface area contributed by atoms with E-state index in [1.807, 2.05) is 0 Å². The average molecular weight is 218 g/mol. The average Bonchev–Trinajstić information content (AvgIpc) is 2.14. The predicted molar refractivity (Wildman–Crippen MR) is 70.0 cm³/mol. The van der Waals surface area contributed by atoms with Crippen LogP contribution in [0.2, 0.25) is 0 Å². The van der Waals surface area contributed by atoms with Gasteiger partial charge in [0.1, 0.15) is 0 Å². The molecule has 1 aromatic rings. The van der Waals surface area contributed by atoms with Crippen molar-refractivity contribution in [2.24, 2.45) is 5.73 Å². The van der Waals surface area contributed by atoms with Gasteiger partial charge in [0.2, 0.25) is 0 Å². The van der Waals surface area contributed by atoms with Crippen LogP contribution in [-0.2, 0) is 0 Å². The Morgan fingerprint density at radius 1 is 1.31 bits per heavy atom. The number of hydrogen-bond donors (Lipinski definition) is 1. The van der Waals surface area contributed by atoms with Gasteiger partial charge in [0.15, 0.2) is 0 Å². The van der Waals surface area contributed by atoms with Gasteiger partial charge in [0.25, 0.3) is 0 Å². The smallest absolute Gasteiger partial charge is 0.0399 e. The molecule has 1 aromatic carbocycles. The van der Waals surface area contributed by atoms with Gasteiger partial charge in [-0.25, -0.2) is 0 Å². The summed E-state index contributed by atoms with van der Waals surface area (Å²) in [7, 11) is 0. The van der Waals surface area contributed by atoms with E-state index in [1.54, 1.807) is 0 Å². The van der Waals surface area contributed by atoms with Crippen LogP contribution in [0.15, 0.2) is 18.2 Å². The normalized spacial score (nSPS) is 15.9. The summed E-state index contributed by atoms with van der Waals surface area (Å²) in [5.74, 6) is 0. The largest absolute Gasteiger partial charge is 0.367 e. The van der Waals surface area contributed by atoms with E-state index in [4.69, 9.17) is 5.73 Å². The maximum atomic E-state index is 5.72. The summed E-state index contributed by atoms with van der Waals surface area (Å²) < 4.78 is 0. The standard InChI is InChI=1S/C14H22N2/c1-11-6-7-14(12(2)10-11)16(9-8-15)13-4-3-5-13/h6-7,10,13H,3-5,8-9,15H2,1-2H3. The van der Waals surface area contributed by atoms with Crippen LogP contribution in [0, 0.1) is 13.8 Å². The fourth-order valence-corrected chi connectivity index (χ4v) is 2.46. The first-order valence-electron chi connectivity index (χ1n) is 6.26. The van der Waals surface area contributed by atoms with Crippen LogP contribution in [0.4, 0.5) is 5.69 Å². The molecule has 88 valence electrons. The lowest BCUT2D eigenvalue weighted by atomic mass is 9.90. The fourth-order valence-electron chi connectivity index (χ4n) is 2.46. The van der Waals surface area contributed by atoms with Crippen molar-refractivity contribution in [3.63, 3.8) is 0 Å². The predicted octanol–water partition coefficient (Wildman–Crippen LogP) is 2.62. The van der Waals surface area contributed by atoms with Crippen LogP contribution in [0.3, 0.4) is 0 Å². The molecule has 0 unspecified atom stereocenters. The lowest BCUT2D eigenvalue weighted by Gasteiger charge is -2.40. The van der Waals surface area contributed by atoms with E-state index in [2.05, 4.69) is 36.9 Å². The molecule has 0 spiro atoms. The minimum Gasteiger partial charge on any atom is -0.367 e. The van der Waals surface area contributed by atoms with Gasteiger partial charge < -0.3 is 10.6 Å². The van der Waals surface area contributed by atoms with Crippen molar-refractivity contribution in [2.75, 3.05) is 18.0 Å². The van der Waals surface area contributed by atoms with E-state index in [0.29, 0.717) is 0 Å². The maximum Gasteiger partial charge on any atom is 0.0399 e. The van der Waals surface area contributed by atoms with Gasteiger partial charge in [-0.2, -0.15) is 0 Å². The highest BCUT2D eigenvalue weighted by Gasteiger charge is 2.25. The molecule has 0 bridgehead atoms. The lowest BCUT2D eigenvalue weighted by Crippen LogP contribution is -2.43. The molecular formula is C14H22N2. The monoisotopic (exact) mass is 218 g/mol. The number of anilines is 1. The van der Waals surface area contributed by atoms with Gasteiger partial charge in [0, 0.05) is 24.8 Å². The Bertz CT molecular complexity index is 356. The quantitative estimate of drug-likeness (QED) is 0.841. The summed E-state index contributed by atoms with van der Waals surface area (Å²) in [6.07, 6.45) is 4.03. The van der Waals surface area contributed by atoms with Crippen molar-refractivity contribution >= 4 is 5.69 Å². The van der Waals surface area contributed by atoms with Gasteiger partial charge in [-0.3, -0.25) is 0 Å². The Morgan fingerprint density at radius 3 is 2.56 bits per heavy atom. The molecular weight excluding hydrogens is 196 g/mol. The fraction of sp³-hybridized carbons (Fsp3) is 0.571. The van der Waals surface area contributed by atoms with Gasteiger partial charge >= 0.3 is 0 Å². The topological polar surface area (TPSA) is 29.3 Å². The van der Waals surface area contributed by atoms with Gasteiger partial charge in [-0.05, 0) is 44.7 Å². The van der Waals surface area contributed by atoms with Gasteiger partial charge in [-0.1, -0.05) is 17.7 Å². The summed E-state index contributed by atoms with van der Waals surface area (Å²) >= 11 is 0. The SMILES string of the molecule is Cc1ccc(N(CCN)C2CCC2)c(C)c1. The molecule has 1 aliphatic rings. The van der Waals surface area contributed by atoms with Crippen molar-refractivity contribution < 1.29 is 0 Å². The van der Waals surface area contributed by atoms with Crippen molar-refractivity contribution in [3.05, 3.63) is 29.3 Å². The van der Waals surface area contributed by atoms with E-state index in [-0.39, 0.29) is 0 Å². The summed E-state index contributed by atoms with van der Waals surface area (Å²) in [5, 5.41) is 0. The Labute approximate surface area is 98.4 Å². The maximum absolute atomic E-state index is 5.72. The number of aryl methyl sites for hydroxylation is 2. The van der Waals surface area contributed by atoms with E-state index in [9.17, 15) is 0 Å². The number of rotatable bonds is 4. The van der Waals surface area contributed by atoms with Crippen molar-refractivity contribution in [1.29, 1.82) is 0 Å². The first-order chi connectivity index (χ1) is 7.72. The third kappa shape index (κ3) is 2.22. The molecule has 0 amide bonds. The number of hydrogen-bond acceptors (Lipinski definition) is 2. The molecule has 2 nitrogen and oxygen atoms in total. The highest BCUT2D eigenvalue weighted by atomic mass is 15.2. The van der Waals surface area contributed by atoms with E-state index < -0.39 is 0 Å². The molecule has 2 N–H and O–H groups in total. The Kier molecular flexibility index (Phi) is 3.49. The summed E-state index contributed by atoms with van der Waals surface area (Å²) in [5.41, 5.74) is 9.81. The van der Waals surface area contributed by atoms with E-state index in [0.717, 1.165) is 19.1 Å². The molecule has 0 heterocycles. The molecule has 0 atom stereocenters. The third-order valence-corrected chi connectivity index (χ3v) is 3.55. The van der Waals surface area contributed by atoms with Crippen molar-refractivity contribution in [3.8, 4) is 0 Å². The minimum atomic E-state index is 0.727. The highest BCUT2D eigenvalue weighted by Crippen LogP contribution is 2.31. The van der Waals surface area contributed by atoms with Crippen molar-refractivity contribution in [2.45, 2.75) is 39.2 Å². The molecule has 16 heavy (non-hydrogen) atoms. The first-order valence-corrected chi connectivity index (χ1v) is 6.26. The molecule has 0 aromatic heterocycles. The van der Waals surface area contributed by atoms with Crippen LogP contribution >= 0.6 is 0 Å². The molecule has 1 fully saturated rings. The van der Waals surface area contributed by atoms with E-state index >= 15 is 0 Å². The Hall–Kier alpha value is -1.02. The van der Waals surface area contributed by atoms with E-state index in [1.165, 1.54) is 36.1 Å². The number of nitrogens with two attached hydrogens (primary N) is 1. The third-order valence-electron chi connectivity index (χ3n) is 3.55. The zero-order valence-electron chi connectivity index (χ0n) is 10.4. The van der Waals surface area contributed by atoms with Gasteiger partial charge in [0.05, 0.1) is 0 Å². The highest BCUT2D eigenvalue weighted by molar-refractivity contribution is 5.55. The zero-order chi connectivity index (χ0) is 11.5. The first kappa shape index (κ1) is 11.5. The number of benzene rings is 1. The second-order valence-corrected chi connectivity index (χ2v) is 4.86. The van der Waals surface area contributed by atoms with Crippen LogP contribution < -0.4 is 10.6 Å². The molecule has 0 radical (unpaired) electrons. The number of nitrogens with zero attached hydrogens (tertiary/aromatic N) is 1. The van der Waals surface area contributed by atoms with Crippen LogP contribution in [-0.4, -0.2) is 19.1 Å². The second-order valence-electron chi connectivity index (χ2n) is 4.86. The van der Waals surface area contributed by atoms with Gasteiger partial charge in [-0.15, -0.1) is 0 Å². The molecule has 0 saturated heterocycles. The second kappa shape index (κ2) is 4.88. The summed E-state index contributed by atoms with van der Waals surface area (Å²) in [4.78, 5) is 2.50. The summed E-state index contributed by atoms with van der Waals surface area (Å²) in [6, 6.07) is 7.44. The Balaban J connectivity index is 2.23. The molecule has 2 rings (SSSR count). The minimum absolute atomic E-state index is 0.727. The zero-order valence-corrected chi connectivity index (χ0v) is 10.4. The molecule has 1 aliphatic carbocycles. The summed E-state index contributed by atoms with van der Waals surface area (Å²) in [6.45, 7) is 6.07. The molecule has 2 heteroatoms.